The molecule has 0 amide bonds. The highest BCUT2D eigenvalue weighted by molar-refractivity contribution is 6.45. The highest BCUT2D eigenvalue weighted by Crippen LogP contribution is 2.29. The zero-order valence-corrected chi connectivity index (χ0v) is 7.63. The maximum atomic E-state index is 6.97. The van der Waals surface area contributed by atoms with Crippen molar-refractivity contribution in [3.05, 3.63) is 32.8 Å². The van der Waals surface area contributed by atoms with Crippen LogP contribution in [0.25, 0.3) is 0 Å². The molecule has 0 saturated carbocycles. The predicted molar refractivity (Wildman–Crippen MR) is 49.4 cm³/mol. The molecule has 0 radical (unpaired) electrons. The van der Waals surface area contributed by atoms with Gasteiger partial charge in [-0.2, -0.15) is 0 Å². The lowest BCUT2D eigenvalue weighted by atomic mass is 10.2. The summed E-state index contributed by atoms with van der Waals surface area (Å²) in [5.74, 6) is 0. The summed E-state index contributed by atoms with van der Waals surface area (Å²) in [6.45, 7) is 0. The van der Waals surface area contributed by atoms with Crippen LogP contribution in [0.1, 0.15) is 5.56 Å². The summed E-state index contributed by atoms with van der Waals surface area (Å²) in [5.41, 5.74) is 0.459. The fourth-order valence-corrected chi connectivity index (χ4v) is 1.32. The molecule has 0 atom stereocenters. The second-order valence-corrected chi connectivity index (χ2v) is 3.09. The maximum absolute atomic E-state index is 6.97. The number of rotatable bonds is 1. The first-order valence-electron chi connectivity index (χ1n) is 2.80. The van der Waals surface area contributed by atoms with Crippen molar-refractivity contribution in [3.63, 3.8) is 0 Å². The highest BCUT2D eigenvalue weighted by atomic mass is 35.5. The smallest absolute Gasteiger partial charge is 0.0694 e. The quantitative estimate of drug-likeness (QED) is 0.538. The molecule has 0 unspecified atom stereocenters. The molecule has 0 saturated heterocycles. The molecule has 0 heterocycles. The Bertz CT molecular complexity index is 296. The normalized spacial score (nSPS) is 9.73. The van der Waals surface area contributed by atoms with Gasteiger partial charge in [0.25, 0.3) is 0 Å². The standard InChI is InChI=1S/C7H4Cl3N/c8-5-1-2-6(9)7(10)4(5)3-11/h1-3,11H. The van der Waals surface area contributed by atoms with E-state index in [2.05, 4.69) is 0 Å². The average Bonchev–Trinajstić information content (AvgIpc) is 1.99. The molecule has 0 spiro atoms. The van der Waals surface area contributed by atoms with Crippen LogP contribution >= 0.6 is 34.8 Å². The van der Waals surface area contributed by atoms with Crippen molar-refractivity contribution in [1.29, 1.82) is 5.41 Å². The third kappa shape index (κ3) is 1.67. The lowest BCUT2D eigenvalue weighted by Gasteiger charge is -2.01. The molecule has 58 valence electrons. The molecule has 0 fully saturated rings. The van der Waals surface area contributed by atoms with Crippen LogP contribution in [-0.2, 0) is 0 Å². The van der Waals surface area contributed by atoms with E-state index in [-0.39, 0.29) is 0 Å². The SMILES string of the molecule is N=Cc1c(Cl)ccc(Cl)c1Cl. The summed E-state index contributed by atoms with van der Waals surface area (Å²) in [6, 6.07) is 3.20. The van der Waals surface area contributed by atoms with Crippen LogP contribution in [-0.4, -0.2) is 6.21 Å². The molecule has 1 nitrogen and oxygen atoms in total. The zero-order valence-electron chi connectivity index (χ0n) is 5.37. The maximum Gasteiger partial charge on any atom is 0.0694 e. The van der Waals surface area contributed by atoms with Crippen LogP contribution in [0.2, 0.25) is 15.1 Å². The minimum absolute atomic E-state index is 0.328. The Kier molecular flexibility index (Phi) is 2.77. The average molecular weight is 208 g/mol. The first-order chi connectivity index (χ1) is 5.16. The minimum atomic E-state index is 0.328. The Morgan fingerprint density at radius 2 is 1.64 bits per heavy atom. The van der Waals surface area contributed by atoms with E-state index >= 15 is 0 Å². The Morgan fingerprint density at radius 3 is 2.09 bits per heavy atom. The first kappa shape index (κ1) is 8.85. The van der Waals surface area contributed by atoms with E-state index in [4.69, 9.17) is 40.2 Å². The van der Waals surface area contributed by atoms with Gasteiger partial charge in [0.2, 0.25) is 0 Å². The van der Waals surface area contributed by atoms with Gasteiger partial charge in [-0.05, 0) is 12.1 Å². The van der Waals surface area contributed by atoms with Crippen molar-refractivity contribution >= 4 is 41.0 Å². The molecular weight excluding hydrogens is 204 g/mol. The van der Waals surface area contributed by atoms with Crippen molar-refractivity contribution in [2.45, 2.75) is 0 Å². The Morgan fingerprint density at radius 1 is 1.09 bits per heavy atom. The Hall–Kier alpha value is -0.240. The summed E-state index contributed by atoms with van der Waals surface area (Å²) in [7, 11) is 0. The van der Waals surface area contributed by atoms with Gasteiger partial charge >= 0.3 is 0 Å². The molecule has 0 aliphatic rings. The zero-order chi connectivity index (χ0) is 8.43. The van der Waals surface area contributed by atoms with Gasteiger partial charge < -0.3 is 5.41 Å². The fraction of sp³-hybridized carbons (Fsp3) is 0. The summed E-state index contributed by atoms with van der Waals surface area (Å²) >= 11 is 17.1. The van der Waals surface area contributed by atoms with Gasteiger partial charge in [-0.25, -0.2) is 0 Å². The molecule has 1 N–H and O–H groups in total. The van der Waals surface area contributed by atoms with Crippen LogP contribution in [0.5, 0.6) is 0 Å². The van der Waals surface area contributed by atoms with E-state index in [0.29, 0.717) is 20.6 Å². The number of halogens is 3. The lowest BCUT2D eigenvalue weighted by Crippen LogP contribution is -1.84. The van der Waals surface area contributed by atoms with Gasteiger partial charge in [0.1, 0.15) is 0 Å². The fourth-order valence-electron chi connectivity index (χ4n) is 0.675. The molecule has 0 aromatic heterocycles. The Labute approximate surface area is 79.4 Å². The van der Waals surface area contributed by atoms with Gasteiger partial charge in [-0.1, -0.05) is 34.8 Å². The van der Waals surface area contributed by atoms with E-state index in [1.54, 1.807) is 12.1 Å². The highest BCUT2D eigenvalue weighted by Gasteiger charge is 2.05. The van der Waals surface area contributed by atoms with Crippen molar-refractivity contribution in [3.8, 4) is 0 Å². The van der Waals surface area contributed by atoms with Gasteiger partial charge in [0.05, 0.1) is 15.1 Å². The van der Waals surface area contributed by atoms with Gasteiger partial charge in [0, 0.05) is 11.8 Å². The molecule has 1 aromatic carbocycles. The number of hydrogen-bond acceptors (Lipinski definition) is 1. The van der Waals surface area contributed by atoms with Crippen LogP contribution in [0, 0.1) is 5.41 Å². The molecule has 1 rings (SSSR count). The largest absolute Gasteiger partial charge is 0.308 e. The molecular formula is C7H4Cl3N. The molecule has 4 heteroatoms. The minimum Gasteiger partial charge on any atom is -0.308 e. The van der Waals surface area contributed by atoms with E-state index in [9.17, 15) is 0 Å². The summed E-state index contributed by atoms with van der Waals surface area (Å²) in [6.07, 6.45) is 1.08. The summed E-state index contributed by atoms with van der Waals surface area (Å²) in [4.78, 5) is 0. The van der Waals surface area contributed by atoms with Crippen LogP contribution in [0.3, 0.4) is 0 Å². The van der Waals surface area contributed by atoms with Crippen molar-refractivity contribution in [1.82, 2.24) is 0 Å². The lowest BCUT2D eigenvalue weighted by molar-refractivity contribution is 1.54. The molecule has 1 aromatic rings. The second-order valence-electron chi connectivity index (χ2n) is 1.90. The van der Waals surface area contributed by atoms with Gasteiger partial charge in [0.15, 0.2) is 0 Å². The van der Waals surface area contributed by atoms with Crippen molar-refractivity contribution in [2.75, 3.05) is 0 Å². The Balaban J connectivity index is 3.40. The third-order valence-corrected chi connectivity index (χ3v) is 2.37. The number of nitrogens with one attached hydrogen (secondary N) is 1. The van der Waals surface area contributed by atoms with Gasteiger partial charge in [-0.3, -0.25) is 0 Å². The van der Waals surface area contributed by atoms with Crippen molar-refractivity contribution in [2.24, 2.45) is 0 Å². The topological polar surface area (TPSA) is 23.9 Å². The van der Waals surface area contributed by atoms with Crippen LogP contribution < -0.4 is 0 Å². The molecule has 11 heavy (non-hydrogen) atoms. The van der Waals surface area contributed by atoms with Crippen LogP contribution in [0.15, 0.2) is 12.1 Å². The third-order valence-electron chi connectivity index (χ3n) is 1.22. The monoisotopic (exact) mass is 207 g/mol. The van der Waals surface area contributed by atoms with Crippen LogP contribution in [0.4, 0.5) is 0 Å². The summed E-state index contributed by atoms with van der Waals surface area (Å²) in [5, 5.41) is 8.15. The van der Waals surface area contributed by atoms with Gasteiger partial charge in [-0.15, -0.1) is 0 Å². The number of benzene rings is 1. The van der Waals surface area contributed by atoms with E-state index in [0.717, 1.165) is 6.21 Å². The second kappa shape index (κ2) is 3.44. The molecule has 0 aliphatic heterocycles. The van der Waals surface area contributed by atoms with E-state index in [1.165, 1.54) is 0 Å². The predicted octanol–water partition coefficient (Wildman–Crippen LogP) is 3.64. The summed E-state index contributed by atoms with van der Waals surface area (Å²) < 4.78 is 0. The molecule has 0 bridgehead atoms. The first-order valence-corrected chi connectivity index (χ1v) is 3.94. The van der Waals surface area contributed by atoms with E-state index in [1.807, 2.05) is 0 Å². The van der Waals surface area contributed by atoms with Crippen molar-refractivity contribution < 1.29 is 0 Å². The van der Waals surface area contributed by atoms with E-state index < -0.39 is 0 Å². The molecule has 0 aliphatic carbocycles. The number of hydrogen-bond donors (Lipinski definition) is 1.